The number of benzene rings is 7. The summed E-state index contributed by atoms with van der Waals surface area (Å²) < 4.78 is 2.22. The second kappa shape index (κ2) is 12.6. The molecule has 9 aromatic rings. The van der Waals surface area contributed by atoms with Gasteiger partial charge in [-0.1, -0.05) is 153 Å². The van der Waals surface area contributed by atoms with Crippen LogP contribution in [-0.4, -0.2) is 24.5 Å². The Balaban J connectivity index is 1.18. The summed E-state index contributed by atoms with van der Waals surface area (Å²) in [5.74, 6) is 2.73. The molecule has 5 nitrogen and oxygen atoms in total. The van der Waals surface area contributed by atoms with E-state index in [0.717, 1.165) is 55.9 Å². The first-order chi connectivity index (χ1) is 26.5. The maximum Gasteiger partial charge on any atom is 0.164 e. The van der Waals surface area contributed by atoms with Crippen LogP contribution in [0.2, 0.25) is 0 Å². The molecule has 2 aromatic heterocycles. The van der Waals surface area contributed by atoms with Gasteiger partial charge in [0.1, 0.15) is 5.82 Å². The molecule has 0 atom stereocenters. The Morgan fingerprint density at radius 1 is 0.407 bits per heavy atom. The highest BCUT2D eigenvalue weighted by Crippen LogP contribution is 2.51. The summed E-state index contributed by atoms with van der Waals surface area (Å²) in [4.78, 5) is 20.9. The van der Waals surface area contributed by atoms with Gasteiger partial charge in [-0.25, -0.2) is 19.9 Å². The molecule has 0 saturated carbocycles. The van der Waals surface area contributed by atoms with Gasteiger partial charge in [0.2, 0.25) is 0 Å². The predicted octanol–water partition coefficient (Wildman–Crippen LogP) is 11.9. The Bertz CT molecular complexity index is 2850. The lowest BCUT2D eigenvalue weighted by molar-refractivity contribution is 0.660. The van der Waals surface area contributed by atoms with Crippen LogP contribution in [0.3, 0.4) is 0 Å². The van der Waals surface area contributed by atoms with Gasteiger partial charge in [0.05, 0.1) is 11.0 Å². The van der Waals surface area contributed by atoms with Gasteiger partial charge in [-0.05, 0) is 69.8 Å². The molecule has 54 heavy (non-hydrogen) atoms. The van der Waals surface area contributed by atoms with Crippen LogP contribution in [0, 0.1) is 0 Å². The summed E-state index contributed by atoms with van der Waals surface area (Å²) >= 11 is 0. The molecule has 7 aromatic carbocycles. The van der Waals surface area contributed by atoms with E-state index in [2.05, 4.69) is 176 Å². The summed E-state index contributed by atoms with van der Waals surface area (Å²) in [5, 5.41) is 0. The van der Waals surface area contributed by atoms with Gasteiger partial charge in [-0.15, -0.1) is 0 Å². The molecule has 2 heterocycles. The first-order valence-corrected chi connectivity index (χ1v) is 18.3. The third kappa shape index (κ3) is 5.24. The molecule has 0 fully saturated rings. The minimum absolute atomic E-state index is 0.150. The number of nitrogens with zero attached hydrogens (tertiary/aromatic N) is 5. The van der Waals surface area contributed by atoms with Crippen LogP contribution in [-0.2, 0) is 5.41 Å². The summed E-state index contributed by atoms with van der Waals surface area (Å²) in [7, 11) is 0. The van der Waals surface area contributed by atoms with E-state index >= 15 is 0 Å². The topological polar surface area (TPSA) is 56.5 Å². The van der Waals surface area contributed by atoms with E-state index in [1.807, 2.05) is 18.2 Å². The first kappa shape index (κ1) is 31.7. The first-order valence-electron chi connectivity index (χ1n) is 18.3. The molecular weight excluding hydrogens is 659 g/mol. The second-order valence-corrected chi connectivity index (χ2v) is 14.3. The Labute approximate surface area is 314 Å². The summed E-state index contributed by atoms with van der Waals surface area (Å²) in [6.45, 7) is 4.60. The molecule has 1 aliphatic rings. The van der Waals surface area contributed by atoms with Crippen molar-refractivity contribution in [3.63, 3.8) is 0 Å². The molecule has 0 amide bonds. The van der Waals surface area contributed by atoms with Crippen molar-refractivity contribution in [1.29, 1.82) is 0 Å². The van der Waals surface area contributed by atoms with Crippen LogP contribution in [0.1, 0.15) is 25.0 Å². The van der Waals surface area contributed by atoms with Crippen LogP contribution in [0.5, 0.6) is 0 Å². The van der Waals surface area contributed by atoms with Crippen molar-refractivity contribution in [1.82, 2.24) is 24.5 Å². The average molecular weight is 694 g/mol. The van der Waals surface area contributed by atoms with E-state index < -0.39 is 0 Å². The molecule has 0 spiro atoms. The normalized spacial score (nSPS) is 12.8. The van der Waals surface area contributed by atoms with E-state index in [-0.39, 0.29) is 5.41 Å². The van der Waals surface area contributed by atoms with Crippen LogP contribution >= 0.6 is 0 Å². The Morgan fingerprint density at radius 3 is 1.72 bits per heavy atom. The molecule has 10 rings (SSSR count). The van der Waals surface area contributed by atoms with Crippen molar-refractivity contribution in [2.75, 3.05) is 0 Å². The van der Waals surface area contributed by atoms with Crippen molar-refractivity contribution in [2.45, 2.75) is 19.3 Å². The van der Waals surface area contributed by atoms with E-state index in [0.29, 0.717) is 17.5 Å². The number of aromatic nitrogens is 5. The number of fused-ring (bicyclic) bond motifs is 4. The smallest absolute Gasteiger partial charge is 0.164 e. The van der Waals surface area contributed by atoms with Crippen LogP contribution < -0.4 is 0 Å². The molecule has 0 unspecified atom stereocenters. The number of hydrogen-bond acceptors (Lipinski definition) is 4. The zero-order valence-corrected chi connectivity index (χ0v) is 30.0. The van der Waals surface area contributed by atoms with Crippen molar-refractivity contribution in [3.05, 3.63) is 187 Å². The number of rotatable bonds is 6. The number of para-hydroxylation sites is 3. The molecule has 5 heteroatoms. The highest BCUT2D eigenvalue weighted by Gasteiger charge is 2.37. The average Bonchev–Trinajstić information content (AvgIpc) is 3.74. The lowest BCUT2D eigenvalue weighted by atomic mass is 9.82. The number of imidazole rings is 1. The van der Waals surface area contributed by atoms with Crippen molar-refractivity contribution in [2.24, 2.45) is 0 Å². The fourth-order valence-corrected chi connectivity index (χ4v) is 8.02. The maximum atomic E-state index is 5.29. The quantitative estimate of drug-likeness (QED) is 0.174. The third-order valence-corrected chi connectivity index (χ3v) is 10.7. The summed E-state index contributed by atoms with van der Waals surface area (Å²) in [5.41, 5.74) is 13.9. The van der Waals surface area contributed by atoms with E-state index in [9.17, 15) is 0 Å². The van der Waals surface area contributed by atoms with Crippen LogP contribution in [0.4, 0.5) is 0 Å². The lowest BCUT2D eigenvalue weighted by Crippen LogP contribution is -2.14. The van der Waals surface area contributed by atoms with Gasteiger partial charge in [-0.2, -0.15) is 0 Å². The van der Waals surface area contributed by atoms with E-state index in [1.165, 1.54) is 22.3 Å². The van der Waals surface area contributed by atoms with Crippen LogP contribution in [0.15, 0.2) is 176 Å². The molecule has 0 bridgehead atoms. The Kier molecular flexibility index (Phi) is 7.41. The third-order valence-electron chi connectivity index (χ3n) is 10.7. The largest absolute Gasteiger partial charge is 0.292 e. The lowest BCUT2D eigenvalue weighted by Gasteiger charge is -2.21. The van der Waals surface area contributed by atoms with Gasteiger partial charge in [0.15, 0.2) is 17.5 Å². The molecule has 256 valence electrons. The van der Waals surface area contributed by atoms with Crippen LogP contribution in [0.25, 0.3) is 84.5 Å². The van der Waals surface area contributed by atoms with Gasteiger partial charge in [0, 0.05) is 33.4 Å². The summed E-state index contributed by atoms with van der Waals surface area (Å²) in [6.07, 6.45) is 0. The second-order valence-electron chi connectivity index (χ2n) is 14.3. The Morgan fingerprint density at radius 2 is 0.944 bits per heavy atom. The Hall–Kier alpha value is -6.98. The zero-order valence-electron chi connectivity index (χ0n) is 30.0. The molecular formula is C49H35N5. The summed E-state index contributed by atoms with van der Waals surface area (Å²) in [6, 6.07) is 61.2. The maximum absolute atomic E-state index is 5.29. The van der Waals surface area contributed by atoms with Crippen molar-refractivity contribution >= 4 is 11.0 Å². The highest BCUT2D eigenvalue weighted by atomic mass is 15.1. The predicted molar refractivity (Wildman–Crippen MR) is 219 cm³/mol. The van der Waals surface area contributed by atoms with Crippen molar-refractivity contribution < 1.29 is 0 Å². The molecule has 0 N–H and O–H groups in total. The molecule has 1 aliphatic carbocycles. The zero-order chi connectivity index (χ0) is 36.2. The van der Waals surface area contributed by atoms with Gasteiger partial charge < -0.3 is 0 Å². The fourth-order valence-electron chi connectivity index (χ4n) is 8.02. The fraction of sp³-hybridized carbons (Fsp3) is 0.0612. The van der Waals surface area contributed by atoms with E-state index in [4.69, 9.17) is 19.9 Å². The molecule has 0 aliphatic heterocycles. The molecule has 0 saturated heterocycles. The standard InChI is InChI=1S/C49H35N5/c1-49(2)40-26-10-9-24-38(40)44-39(25-15-27-41(44)49)47-52-45(34-19-13-18-33(30-34)32-16-5-3-6-17-32)51-46(53-47)35-20-14-21-36(31-35)48-50-42-28-11-12-29-43(42)54(48)37-22-7-4-8-23-37/h3-31H,1-2H3. The minimum Gasteiger partial charge on any atom is -0.292 e. The highest BCUT2D eigenvalue weighted by molar-refractivity contribution is 5.91. The molecule has 0 radical (unpaired) electrons. The SMILES string of the molecule is CC1(C)c2ccccc2-c2c(-c3nc(-c4cccc(-c5ccccc5)c4)nc(-c4cccc(-c5nc6ccccc6n5-c5ccccc5)c4)n3)cccc21. The van der Waals surface area contributed by atoms with Gasteiger partial charge >= 0.3 is 0 Å². The van der Waals surface area contributed by atoms with Crippen molar-refractivity contribution in [3.8, 4) is 73.5 Å². The minimum atomic E-state index is -0.150. The monoisotopic (exact) mass is 693 g/mol. The van der Waals surface area contributed by atoms with Gasteiger partial charge in [0.25, 0.3) is 0 Å². The number of hydrogen-bond donors (Lipinski definition) is 0. The van der Waals surface area contributed by atoms with Gasteiger partial charge in [-0.3, -0.25) is 4.57 Å². The van der Waals surface area contributed by atoms with E-state index in [1.54, 1.807) is 0 Å².